The maximum atomic E-state index is 11.9. The molecule has 3 rings (SSSR count). The van der Waals surface area contributed by atoms with Gasteiger partial charge < -0.3 is 10.1 Å². The number of aromatic nitrogens is 2. The third-order valence-corrected chi connectivity index (χ3v) is 4.41. The summed E-state index contributed by atoms with van der Waals surface area (Å²) in [7, 11) is 0. The highest BCUT2D eigenvalue weighted by molar-refractivity contribution is 7.17. The number of fused-ring (bicyclic) bond motifs is 1. The second-order valence-corrected chi connectivity index (χ2v) is 6.22. The van der Waals surface area contributed by atoms with Crippen LogP contribution in [0.15, 0.2) is 18.3 Å². The number of rotatable bonds is 4. The van der Waals surface area contributed by atoms with Crippen molar-refractivity contribution >= 4 is 28.8 Å². The summed E-state index contributed by atoms with van der Waals surface area (Å²) in [6.45, 7) is 2.58. The molecule has 3 heterocycles. The number of thiophene rings is 1. The predicted molar refractivity (Wildman–Crippen MR) is 77.2 cm³/mol. The molecule has 5 nitrogen and oxygen atoms in total. The van der Waals surface area contributed by atoms with Crippen molar-refractivity contribution in [3.8, 4) is 0 Å². The van der Waals surface area contributed by atoms with Crippen molar-refractivity contribution in [3.05, 3.63) is 38.8 Å². The van der Waals surface area contributed by atoms with Crippen molar-refractivity contribution in [2.45, 2.75) is 19.6 Å². The molecular formula is C13H14ClN3O2S. The second kappa shape index (κ2) is 5.95. The van der Waals surface area contributed by atoms with Gasteiger partial charge in [-0.05, 0) is 12.1 Å². The first-order valence-corrected chi connectivity index (χ1v) is 7.58. The molecule has 2 aromatic rings. The van der Waals surface area contributed by atoms with E-state index in [1.54, 1.807) is 12.1 Å². The smallest absolute Gasteiger partial charge is 0.261 e. The Morgan fingerprint density at radius 2 is 2.45 bits per heavy atom. The van der Waals surface area contributed by atoms with Crippen LogP contribution >= 0.6 is 22.9 Å². The molecule has 0 spiro atoms. The maximum Gasteiger partial charge on any atom is 0.261 e. The summed E-state index contributed by atoms with van der Waals surface area (Å²) in [5.74, 6) is -0.0914. The molecule has 0 saturated heterocycles. The number of nitrogens with one attached hydrogen (secondary N) is 1. The van der Waals surface area contributed by atoms with Crippen molar-refractivity contribution in [2.75, 3.05) is 13.2 Å². The monoisotopic (exact) mass is 311 g/mol. The number of nitrogens with zero attached hydrogens (tertiary/aromatic N) is 2. The van der Waals surface area contributed by atoms with E-state index < -0.39 is 0 Å². The van der Waals surface area contributed by atoms with E-state index in [-0.39, 0.29) is 5.91 Å². The van der Waals surface area contributed by atoms with Crippen molar-refractivity contribution in [2.24, 2.45) is 0 Å². The van der Waals surface area contributed by atoms with E-state index in [2.05, 4.69) is 10.4 Å². The Morgan fingerprint density at radius 1 is 1.55 bits per heavy atom. The van der Waals surface area contributed by atoms with Gasteiger partial charge >= 0.3 is 0 Å². The second-order valence-electron chi connectivity index (χ2n) is 4.50. The summed E-state index contributed by atoms with van der Waals surface area (Å²) in [5.41, 5.74) is 2.36. The van der Waals surface area contributed by atoms with E-state index in [0.717, 1.165) is 18.6 Å². The van der Waals surface area contributed by atoms with E-state index >= 15 is 0 Å². The van der Waals surface area contributed by atoms with Gasteiger partial charge in [0.05, 0.1) is 35.2 Å². The third kappa shape index (κ3) is 2.87. The zero-order valence-corrected chi connectivity index (χ0v) is 12.3. The predicted octanol–water partition coefficient (Wildman–Crippen LogP) is 2.10. The van der Waals surface area contributed by atoms with Gasteiger partial charge in [-0.25, -0.2) is 0 Å². The zero-order chi connectivity index (χ0) is 13.9. The standard InChI is InChI=1S/C13H14ClN3O2S/c14-12-2-1-11(20-12)13(18)15-4-5-17-10-3-6-19-8-9(10)7-16-17/h1-2,7H,3-6,8H2,(H,15,18). The van der Waals surface area contributed by atoms with Crippen LogP contribution in [0.4, 0.5) is 0 Å². The molecule has 0 unspecified atom stereocenters. The molecule has 0 aliphatic carbocycles. The Morgan fingerprint density at radius 3 is 3.25 bits per heavy atom. The van der Waals surface area contributed by atoms with Crippen LogP contribution in [0.25, 0.3) is 0 Å². The summed E-state index contributed by atoms with van der Waals surface area (Å²) in [5, 5.41) is 7.22. The number of carbonyl (C=O) groups excluding carboxylic acids is 1. The van der Waals surface area contributed by atoms with E-state index in [1.165, 1.54) is 17.0 Å². The van der Waals surface area contributed by atoms with E-state index in [1.807, 2.05) is 10.9 Å². The number of hydrogen-bond acceptors (Lipinski definition) is 4. The van der Waals surface area contributed by atoms with Gasteiger partial charge in [0.2, 0.25) is 0 Å². The van der Waals surface area contributed by atoms with Gasteiger partial charge in [0.15, 0.2) is 0 Å². The highest BCUT2D eigenvalue weighted by atomic mass is 35.5. The molecule has 0 aromatic carbocycles. The lowest BCUT2D eigenvalue weighted by Gasteiger charge is -2.14. The summed E-state index contributed by atoms with van der Waals surface area (Å²) < 4.78 is 7.94. The Kier molecular flexibility index (Phi) is 4.05. The van der Waals surface area contributed by atoms with Crippen LogP contribution in [0.3, 0.4) is 0 Å². The van der Waals surface area contributed by atoms with Crippen LogP contribution in [-0.2, 0) is 24.3 Å². The number of halogens is 1. The minimum atomic E-state index is -0.0914. The van der Waals surface area contributed by atoms with Gasteiger partial charge in [0, 0.05) is 24.2 Å². The van der Waals surface area contributed by atoms with E-state index in [9.17, 15) is 4.79 Å². The summed E-state index contributed by atoms with van der Waals surface area (Å²) in [6, 6.07) is 3.46. The number of hydrogen-bond donors (Lipinski definition) is 1. The molecule has 0 radical (unpaired) electrons. The summed E-state index contributed by atoms with van der Waals surface area (Å²) in [4.78, 5) is 12.5. The van der Waals surface area contributed by atoms with Crippen LogP contribution in [0, 0.1) is 0 Å². The van der Waals surface area contributed by atoms with Gasteiger partial charge in [-0.2, -0.15) is 5.10 Å². The minimum Gasteiger partial charge on any atom is -0.376 e. The number of ether oxygens (including phenoxy) is 1. The normalized spacial score (nSPS) is 14.1. The first-order chi connectivity index (χ1) is 9.74. The molecule has 1 aliphatic heterocycles. The van der Waals surface area contributed by atoms with E-state index in [0.29, 0.717) is 28.9 Å². The summed E-state index contributed by atoms with van der Waals surface area (Å²) >= 11 is 7.09. The first kappa shape index (κ1) is 13.6. The molecule has 0 bridgehead atoms. The SMILES string of the molecule is O=C(NCCn1ncc2c1CCOC2)c1ccc(Cl)s1. The fourth-order valence-electron chi connectivity index (χ4n) is 2.20. The molecule has 7 heteroatoms. The molecule has 0 atom stereocenters. The Labute approximate surface area is 125 Å². The average molecular weight is 312 g/mol. The summed E-state index contributed by atoms with van der Waals surface area (Å²) in [6.07, 6.45) is 2.72. The Hall–Kier alpha value is -1.37. The molecule has 1 aliphatic rings. The molecule has 20 heavy (non-hydrogen) atoms. The first-order valence-electron chi connectivity index (χ1n) is 6.39. The molecule has 1 amide bonds. The van der Waals surface area contributed by atoms with Crippen molar-refractivity contribution in [3.63, 3.8) is 0 Å². The van der Waals surface area contributed by atoms with Crippen LogP contribution in [0.1, 0.15) is 20.9 Å². The Balaban J connectivity index is 1.55. The van der Waals surface area contributed by atoms with Crippen molar-refractivity contribution < 1.29 is 9.53 Å². The molecule has 1 N–H and O–H groups in total. The highest BCUT2D eigenvalue weighted by Gasteiger charge is 2.15. The molecule has 0 fully saturated rings. The number of amides is 1. The van der Waals surface area contributed by atoms with Gasteiger partial charge in [0.25, 0.3) is 5.91 Å². The van der Waals surface area contributed by atoms with Crippen LogP contribution in [0.2, 0.25) is 4.34 Å². The quantitative estimate of drug-likeness (QED) is 0.941. The largest absolute Gasteiger partial charge is 0.376 e. The van der Waals surface area contributed by atoms with Crippen molar-refractivity contribution in [1.29, 1.82) is 0 Å². The van der Waals surface area contributed by atoms with Crippen LogP contribution in [0.5, 0.6) is 0 Å². The molecule has 2 aromatic heterocycles. The minimum absolute atomic E-state index is 0.0914. The van der Waals surface area contributed by atoms with Crippen molar-refractivity contribution in [1.82, 2.24) is 15.1 Å². The lowest BCUT2D eigenvalue weighted by Crippen LogP contribution is -2.27. The zero-order valence-electron chi connectivity index (χ0n) is 10.8. The van der Waals surface area contributed by atoms with Gasteiger partial charge in [0.1, 0.15) is 0 Å². The van der Waals surface area contributed by atoms with Gasteiger partial charge in [-0.1, -0.05) is 11.6 Å². The topological polar surface area (TPSA) is 56.2 Å². The Bertz CT molecular complexity index is 623. The lowest BCUT2D eigenvalue weighted by atomic mass is 10.2. The van der Waals surface area contributed by atoms with Gasteiger partial charge in [-0.15, -0.1) is 11.3 Å². The van der Waals surface area contributed by atoms with Gasteiger partial charge in [-0.3, -0.25) is 9.48 Å². The lowest BCUT2D eigenvalue weighted by molar-refractivity contribution is 0.0954. The van der Waals surface area contributed by atoms with Crippen LogP contribution in [-0.4, -0.2) is 28.8 Å². The highest BCUT2D eigenvalue weighted by Crippen LogP contribution is 2.21. The third-order valence-electron chi connectivity index (χ3n) is 3.18. The molecule has 0 saturated carbocycles. The number of carbonyl (C=O) groups is 1. The fourth-order valence-corrected chi connectivity index (χ4v) is 3.16. The maximum absolute atomic E-state index is 11.9. The molecule has 106 valence electrons. The average Bonchev–Trinajstić information content (AvgIpc) is 3.06. The van der Waals surface area contributed by atoms with E-state index in [4.69, 9.17) is 16.3 Å². The van der Waals surface area contributed by atoms with Crippen LogP contribution < -0.4 is 5.32 Å². The molecular weight excluding hydrogens is 298 g/mol. The fraction of sp³-hybridized carbons (Fsp3) is 0.385.